The Bertz CT molecular complexity index is 798. The molecule has 0 spiro atoms. The molecule has 0 fully saturated rings. The quantitative estimate of drug-likeness (QED) is 0.588. The van der Waals surface area contributed by atoms with Crippen LogP contribution in [0.4, 0.5) is 5.69 Å². The van der Waals surface area contributed by atoms with Crippen molar-refractivity contribution >= 4 is 35.0 Å². The summed E-state index contributed by atoms with van der Waals surface area (Å²) in [5, 5.41) is 3.43. The van der Waals surface area contributed by atoms with Gasteiger partial charge in [0.25, 0.3) is 11.8 Å². The van der Waals surface area contributed by atoms with Crippen molar-refractivity contribution in [1.82, 2.24) is 4.90 Å². The van der Waals surface area contributed by atoms with Crippen LogP contribution in [0.5, 0.6) is 0 Å². The van der Waals surface area contributed by atoms with Gasteiger partial charge in [-0.15, -0.1) is 0 Å². The van der Waals surface area contributed by atoms with Crippen molar-refractivity contribution < 1.29 is 14.4 Å². The minimum Gasteiger partial charge on any atom is -0.326 e. The minimum atomic E-state index is -0.230. The number of nitrogens with one attached hydrogen (secondary N) is 1. The van der Waals surface area contributed by atoms with Gasteiger partial charge in [-0.05, 0) is 49.2 Å². The standard InChI is InChI=1S/C20H19ClN2O3/c21-14-9-11-15(12-10-14)22-18(24)8-2-1-5-13-23-19(25)16-6-3-4-7-17(16)20(23)26/h3-4,6-7,9-12H,1-2,5,8,13H2,(H,22,24). The number of carbonyl (C=O) groups is 3. The molecule has 1 aliphatic heterocycles. The third-order valence-corrected chi connectivity index (χ3v) is 4.54. The predicted octanol–water partition coefficient (Wildman–Crippen LogP) is 4.14. The number of carbonyl (C=O) groups excluding carboxylic acids is 3. The third kappa shape index (κ3) is 4.11. The second-order valence-electron chi connectivity index (χ2n) is 6.17. The Morgan fingerprint density at radius 2 is 1.50 bits per heavy atom. The zero-order valence-electron chi connectivity index (χ0n) is 14.2. The van der Waals surface area contributed by atoms with Crippen molar-refractivity contribution in [1.29, 1.82) is 0 Å². The van der Waals surface area contributed by atoms with Crippen LogP contribution in [0.3, 0.4) is 0 Å². The average Bonchev–Trinajstić information content (AvgIpc) is 2.88. The van der Waals surface area contributed by atoms with Gasteiger partial charge in [0.05, 0.1) is 11.1 Å². The van der Waals surface area contributed by atoms with Gasteiger partial charge in [-0.3, -0.25) is 19.3 Å². The highest BCUT2D eigenvalue weighted by Gasteiger charge is 2.34. The number of anilines is 1. The number of halogens is 1. The Labute approximate surface area is 156 Å². The maximum absolute atomic E-state index is 12.2. The Morgan fingerprint density at radius 1 is 0.885 bits per heavy atom. The molecule has 2 aromatic rings. The largest absolute Gasteiger partial charge is 0.326 e. The number of unbranched alkanes of at least 4 members (excludes halogenated alkanes) is 2. The van der Waals surface area contributed by atoms with Crippen molar-refractivity contribution in [3.05, 3.63) is 64.7 Å². The van der Waals surface area contributed by atoms with Gasteiger partial charge < -0.3 is 5.32 Å². The molecular formula is C20H19ClN2O3. The van der Waals surface area contributed by atoms with E-state index in [1.54, 1.807) is 48.5 Å². The molecule has 0 unspecified atom stereocenters. The van der Waals surface area contributed by atoms with E-state index >= 15 is 0 Å². The van der Waals surface area contributed by atoms with Crippen LogP contribution in [-0.4, -0.2) is 29.2 Å². The maximum Gasteiger partial charge on any atom is 0.261 e. The molecule has 0 aliphatic carbocycles. The van der Waals surface area contributed by atoms with Gasteiger partial charge in [0.1, 0.15) is 0 Å². The average molecular weight is 371 g/mol. The lowest BCUT2D eigenvalue weighted by Crippen LogP contribution is -2.30. The van der Waals surface area contributed by atoms with Crippen LogP contribution in [0.25, 0.3) is 0 Å². The lowest BCUT2D eigenvalue weighted by Gasteiger charge is -2.13. The van der Waals surface area contributed by atoms with Gasteiger partial charge in [-0.25, -0.2) is 0 Å². The molecule has 134 valence electrons. The normalized spacial score (nSPS) is 13.0. The highest BCUT2D eigenvalue weighted by atomic mass is 35.5. The Kier molecular flexibility index (Phi) is 5.68. The molecule has 0 aromatic heterocycles. The minimum absolute atomic E-state index is 0.0620. The molecule has 1 heterocycles. The molecule has 3 rings (SSSR count). The lowest BCUT2D eigenvalue weighted by atomic mass is 10.1. The summed E-state index contributed by atoms with van der Waals surface area (Å²) in [6.07, 6.45) is 2.54. The van der Waals surface area contributed by atoms with Gasteiger partial charge in [0.15, 0.2) is 0 Å². The van der Waals surface area contributed by atoms with Crippen molar-refractivity contribution in [2.24, 2.45) is 0 Å². The van der Waals surface area contributed by atoms with Crippen LogP contribution in [0, 0.1) is 0 Å². The van der Waals surface area contributed by atoms with Crippen LogP contribution in [0.1, 0.15) is 46.4 Å². The van der Waals surface area contributed by atoms with Gasteiger partial charge >= 0.3 is 0 Å². The summed E-state index contributed by atoms with van der Waals surface area (Å²) in [5.74, 6) is -0.523. The third-order valence-electron chi connectivity index (χ3n) is 4.29. The first-order valence-electron chi connectivity index (χ1n) is 8.57. The van der Waals surface area contributed by atoms with Crippen molar-refractivity contribution in [3.8, 4) is 0 Å². The molecule has 0 bridgehead atoms. The fourth-order valence-corrected chi connectivity index (χ4v) is 3.06. The number of hydrogen-bond donors (Lipinski definition) is 1. The predicted molar refractivity (Wildman–Crippen MR) is 100 cm³/mol. The van der Waals surface area contributed by atoms with Crippen molar-refractivity contribution in [3.63, 3.8) is 0 Å². The molecule has 0 radical (unpaired) electrons. The van der Waals surface area contributed by atoms with Crippen LogP contribution < -0.4 is 5.32 Å². The summed E-state index contributed by atoms with van der Waals surface area (Å²) in [5.41, 5.74) is 1.66. The zero-order valence-corrected chi connectivity index (χ0v) is 15.0. The maximum atomic E-state index is 12.2. The highest BCUT2D eigenvalue weighted by Crippen LogP contribution is 2.23. The Hall–Kier alpha value is -2.66. The second kappa shape index (κ2) is 8.15. The molecule has 0 atom stereocenters. The van der Waals surface area contributed by atoms with E-state index in [-0.39, 0.29) is 17.7 Å². The molecule has 26 heavy (non-hydrogen) atoms. The smallest absolute Gasteiger partial charge is 0.261 e. The number of nitrogens with zero attached hydrogens (tertiary/aromatic N) is 1. The van der Waals surface area contributed by atoms with Crippen LogP contribution in [-0.2, 0) is 4.79 Å². The summed E-state index contributed by atoms with van der Waals surface area (Å²) in [6.45, 7) is 0.380. The highest BCUT2D eigenvalue weighted by molar-refractivity contribution is 6.30. The number of rotatable bonds is 7. The molecule has 5 nitrogen and oxygen atoms in total. The van der Waals surface area contributed by atoms with E-state index in [4.69, 9.17) is 11.6 Å². The summed E-state index contributed by atoms with van der Waals surface area (Å²) >= 11 is 5.81. The summed E-state index contributed by atoms with van der Waals surface area (Å²) in [7, 11) is 0. The van der Waals surface area contributed by atoms with E-state index in [0.29, 0.717) is 47.6 Å². The van der Waals surface area contributed by atoms with E-state index in [0.717, 1.165) is 6.42 Å². The Morgan fingerprint density at radius 3 is 2.12 bits per heavy atom. The first-order valence-corrected chi connectivity index (χ1v) is 8.95. The van der Waals surface area contributed by atoms with E-state index in [1.165, 1.54) is 4.90 Å². The molecule has 6 heteroatoms. The molecular weight excluding hydrogens is 352 g/mol. The van der Waals surface area contributed by atoms with E-state index in [2.05, 4.69) is 5.32 Å². The van der Waals surface area contributed by atoms with Gasteiger partial charge in [0, 0.05) is 23.7 Å². The zero-order chi connectivity index (χ0) is 18.5. The summed E-state index contributed by atoms with van der Waals surface area (Å²) in [4.78, 5) is 37.7. The van der Waals surface area contributed by atoms with Crippen molar-refractivity contribution in [2.75, 3.05) is 11.9 Å². The topological polar surface area (TPSA) is 66.5 Å². The van der Waals surface area contributed by atoms with Crippen molar-refractivity contribution in [2.45, 2.75) is 25.7 Å². The molecule has 1 aliphatic rings. The van der Waals surface area contributed by atoms with Gasteiger partial charge in [-0.2, -0.15) is 0 Å². The van der Waals surface area contributed by atoms with Gasteiger partial charge in [0.2, 0.25) is 5.91 Å². The number of imide groups is 1. The van der Waals surface area contributed by atoms with Gasteiger partial charge in [-0.1, -0.05) is 30.2 Å². The van der Waals surface area contributed by atoms with Crippen LogP contribution in [0.2, 0.25) is 5.02 Å². The first-order chi connectivity index (χ1) is 12.6. The fourth-order valence-electron chi connectivity index (χ4n) is 2.93. The molecule has 2 aromatic carbocycles. The first kappa shape index (κ1) is 18.1. The molecule has 0 saturated carbocycles. The number of amides is 3. The van der Waals surface area contributed by atoms with E-state index in [1.807, 2.05) is 0 Å². The second-order valence-corrected chi connectivity index (χ2v) is 6.61. The number of benzene rings is 2. The number of fused-ring (bicyclic) bond motifs is 1. The SMILES string of the molecule is O=C(CCCCCN1C(=O)c2ccccc2C1=O)Nc1ccc(Cl)cc1. The van der Waals surface area contributed by atoms with Crippen LogP contribution >= 0.6 is 11.6 Å². The molecule has 0 saturated heterocycles. The number of hydrogen-bond acceptors (Lipinski definition) is 3. The van der Waals surface area contributed by atoms with E-state index < -0.39 is 0 Å². The molecule has 1 N–H and O–H groups in total. The fraction of sp³-hybridized carbons (Fsp3) is 0.250. The summed E-state index contributed by atoms with van der Waals surface area (Å²) < 4.78 is 0. The molecule has 3 amide bonds. The van der Waals surface area contributed by atoms with E-state index in [9.17, 15) is 14.4 Å². The summed E-state index contributed by atoms with van der Waals surface area (Å²) in [6, 6.07) is 13.8. The van der Waals surface area contributed by atoms with Crippen LogP contribution in [0.15, 0.2) is 48.5 Å². The monoisotopic (exact) mass is 370 g/mol. The Balaban J connectivity index is 1.38. The lowest BCUT2D eigenvalue weighted by molar-refractivity contribution is -0.116.